The largest absolute Gasteiger partial charge is 0.453 e. The first kappa shape index (κ1) is 17.8. The first-order valence-electron chi connectivity index (χ1n) is 8.39. The highest BCUT2D eigenvalue weighted by molar-refractivity contribution is 6.00. The molecule has 136 valence electrons. The molecule has 0 aliphatic heterocycles. The molecule has 0 N–H and O–H groups in total. The summed E-state index contributed by atoms with van der Waals surface area (Å²) in [6, 6.07) is 5.59. The van der Waals surface area contributed by atoms with Gasteiger partial charge in [-0.3, -0.25) is 14.2 Å². The third-order valence-electron chi connectivity index (χ3n) is 4.51. The molecule has 0 spiro atoms. The molecule has 2 aromatic rings. The minimum Gasteiger partial charge on any atom is -0.453 e. The molecular weight excluding hydrogens is 338 g/mol. The molecule has 0 saturated heterocycles. The van der Waals surface area contributed by atoms with Crippen molar-refractivity contribution in [2.24, 2.45) is 0 Å². The summed E-state index contributed by atoms with van der Waals surface area (Å²) in [6.07, 6.45) is 3.33. The van der Waals surface area contributed by atoms with Crippen LogP contribution in [0, 0.1) is 17.0 Å². The minimum atomic E-state index is -0.930. The minimum absolute atomic E-state index is 0.242. The van der Waals surface area contributed by atoms with Gasteiger partial charge in [-0.1, -0.05) is 12.1 Å². The Bertz CT molecular complexity index is 887. The highest BCUT2D eigenvalue weighted by atomic mass is 16.6. The number of nitrogens with zero attached hydrogens (tertiary/aromatic N) is 3. The smallest absolute Gasteiger partial charge is 0.381 e. The number of carbonyl (C=O) groups is 2. The van der Waals surface area contributed by atoms with E-state index in [9.17, 15) is 19.7 Å². The Hall–Kier alpha value is -3.03. The fourth-order valence-corrected chi connectivity index (χ4v) is 3.13. The van der Waals surface area contributed by atoms with E-state index in [0.29, 0.717) is 11.4 Å². The van der Waals surface area contributed by atoms with Gasteiger partial charge < -0.3 is 14.9 Å². The summed E-state index contributed by atoms with van der Waals surface area (Å²) in [6.45, 7) is 2.84. The van der Waals surface area contributed by atoms with Crippen molar-refractivity contribution in [1.29, 1.82) is 0 Å². The van der Waals surface area contributed by atoms with Crippen molar-refractivity contribution in [3.8, 4) is 0 Å². The van der Waals surface area contributed by atoms with Crippen LogP contribution in [0.4, 0.5) is 5.82 Å². The second kappa shape index (κ2) is 7.07. The molecule has 1 aliphatic rings. The Kier molecular flexibility index (Phi) is 4.83. The van der Waals surface area contributed by atoms with Crippen LogP contribution in [0.1, 0.15) is 40.7 Å². The van der Waals surface area contributed by atoms with Crippen molar-refractivity contribution in [2.75, 3.05) is 0 Å². The summed E-state index contributed by atoms with van der Waals surface area (Å²) in [5.74, 6) is -0.924. The zero-order valence-corrected chi connectivity index (χ0v) is 14.6. The normalized spacial score (nSPS) is 13.9. The van der Waals surface area contributed by atoms with E-state index >= 15 is 0 Å². The maximum absolute atomic E-state index is 12.5. The number of aromatic nitrogens is 2. The van der Waals surface area contributed by atoms with Crippen molar-refractivity contribution in [2.45, 2.75) is 45.8 Å². The molecule has 26 heavy (non-hydrogen) atoms. The average Bonchev–Trinajstić information content (AvgIpc) is 3.20. The van der Waals surface area contributed by atoms with Crippen LogP contribution in [0.2, 0.25) is 0 Å². The van der Waals surface area contributed by atoms with E-state index in [-0.39, 0.29) is 18.1 Å². The molecule has 1 aromatic heterocycles. The van der Waals surface area contributed by atoms with Crippen molar-refractivity contribution in [3.63, 3.8) is 0 Å². The van der Waals surface area contributed by atoms with Crippen molar-refractivity contribution in [1.82, 2.24) is 9.55 Å². The summed E-state index contributed by atoms with van der Waals surface area (Å²) >= 11 is 0. The van der Waals surface area contributed by atoms with Crippen LogP contribution in [-0.2, 0) is 28.9 Å². The van der Waals surface area contributed by atoms with E-state index in [1.54, 1.807) is 13.0 Å². The van der Waals surface area contributed by atoms with Gasteiger partial charge in [0.1, 0.15) is 12.7 Å². The van der Waals surface area contributed by atoms with Crippen molar-refractivity contribution < 1.29 is 19.2 Å². The second-order valence-electron chi connectivity index (χ2n) is 6.36. The number of fused-ring (bicyclic) bond motifs is 1. The number of ketones is 1. The standard InChI is InChI=1S/C18H19N3O5/c1-11(18(23)15-7-6-13-4-3-5-14(13)8-15)26-17(22)10-20-9-16(21(24)25)19-12(20)2/h6-9,11H,3-5,10H2,1-2H3/t11-/m1/s1. The zero-order chi connectivity index (χ0) is 18.8. The van der Waals surface area contributed by atoms with Gasteiger partial charge in [0, 0.05) is 12.5 Å². The van der Waals surface area contributed by atoms with E-state index in [1.165, 1.54) is 28.8 Å². The van der Waals surface area contributed by atoms with E-state index in [1.807, 2.05) is 12.1 Å². The highest BCUT2D eigenvalue weighted by Gasteiger charge is 2.23. The van der Waals surface area contributed by atoms with E-state index in [2.05, 4.69) is 4.98 Å². The summed E-state index contributed by atoms with van der Waals surface area (Å²) in [5, 5.41) is 10.7. The lowest BCUT2D eigenvalue weighted by atomic mass is 10.0. The molecule has 1 aromatic carbocycles. The number of Topliss-reactive ketones (excluding diaryl/α,β-unsaturated/α-hetero) is 1. The third-order valence-corrected chi connectivity index (χ3v) is 4.51. The SMILES string of the molecule is Cc1nc([N+](=O)[O-])cn1CC(=O)O[C@H](C)C(=O)c1ccc2c(c1)CCC2. The van der Waals surface area contributed by atoms with Crippen molar-refractivity contribution >= 4 is 17.6 Å². The summed E-state index contributed by atoms with van der Waals surface area (Å²) in [4.78, 5) is 38.4. The van der Waals surface area contributed by atoms with Gasteiger partial charge in [-0.05, 0) is 53.3 Å². The molecule has 1 heterocycles. The Morgan fingerprint density at radius 3 is 2.77 bits per heavy atom. The van der Waals surface area contributed by atoms with Gasteiger partial charge in [0.25, 0.3) is 0 Å². The summed E-state index contributed by atoms with van der Waals surface area (Å²) in [7, 11) is 0. The average molecular weight is 357 g/mol. The van der Waals surface area contributed by atoms with Crippen LogP contribution in [0.15, 0.2) is 24.4 Å². The van der Waals surface area contributed by atoms with Gasteiger partial charge in [-0.2, -0.15) is 0 Å². The number of benzene rings is 1. The molecular formula is C18H19N3O5. The fraction of sp³-hybridized carbons (Fsp3) is 0.389. The highest BCUT2D eigenvalue weighted by Crippen LogP contribution is 2.23. The third kappa shape index (κ3) is 3.63. The molecule has 3 rings (SSSR count). The van der Waals surface area contributed by atoms with Crippen LogP contribution >= 0.6 is 0 Å². The summed E-state index contributed by atoms with van der Waals surface area (Å²) < 4.78 is 6.53. The zero-order valence-electron chi connectivity index (χ0n) is 14.6. The topological polar surface area (TPSA) is 104 Å². The number of hydrogen-bond acceptors (Lipinski definition) is 6. The molecule has 0 radical (unpaired) electrons. The van der Waals surface area contributed by atoms with Crippen LogP contribution in [0.3, 0.4) is 0 Å². The number of rotatable bonds is 6. The Morgan fingerprint density at radius 2 is 2.08 bits per heavy atom. The van der Waals surface area contributed by atoms with Crippen LogP contribution in [0.5, 0.6) is 0 Å². The monoisotopic (exact) mass is 357 g/mol. The molecule has 8 heteroatoms. The van der Waals surface area contributed by atoms with Gasteiger partial charge in [-0.25, -0.2) is 0 Å². The molecule has 0 unspecified atom stereocenters. The number of ether oxygens (including phenoxy) is 1. The van der Waals surface area contributed by atoms with Crippen LogP contribution in [-0.4, -0.2) is 32.3 Å². The molecule has 0 bridgehead atoms. The first-order valence-corrected chi connectivity index (χ1v) is 8.39. The first-order chi connectivity index (χ1) is 12.3. The number of esters is 1. The van der Waals surface area contributed by atoms with Gasteiger partial charge in [-0.15, -0.1) is 0 Å². The predicted octanol–water partition coefficient (Wildman–Crippen LogP) is 2.40. The number of hydrogen-bond donors (Lipinski definition) is 0. The van der Waals surface area contributed by atoms with E-state index in [4.69, 9.17) is 4.74 Å². The molecule has 0 fully saturated rings. The number of carbonyl (C=O) groups excluding carboxylic acids is 2. The number of imidazole rings is 1. The number of nitro groups is 1. The van der Waals surface area contributed by atoms with Crippen LogP contribution in [0.25, 0.3) is 0 Å². The molecule has 1 atom stereocenters. The van der Waals surface area contributed by atoms with E-state index in [0.717, 1.165) is 19.3 Å². The van der Waals surface area contributed by atoms with E-state index < -0.39 is 17.0 Å². The van der Waals surface area contributed by atoms with Gasteiger partial charge >= 0.3 is 11.8 Å². The lowest BCUT2D eigenvalue weighted by Gasteiger charge is -2.13. The maximum Gasteiger partial charge on any atom is 0.381 e. The lowest BCUT2D eigenvalue weighted by Crippen LogP contribution is -2.26. The molecule has 8 nitrogen and oxygen atoms in total. The van der Waals surface area contributed by atoms with Crippen molar-refractivity contribution in [3.05, 3.63) is 57.0 Å². The second-order valence-corrected chi connectivity index (χ2v) is 6.36. The van der Waals surface area contributed by atoms with Gasteiger partial charge in [0.15, 0.2) is 6.10 Å². The molecule has 1 aliphatic carbocycles. The van der Waals surface area contributed by atoms with Gasteiger partial charge in [0.2, 0.25) is 11.6 Å². The van der Waals surface area contributed by atoms with Crippen LogP contribution < -0.4 is 0 Å². The maximum atomic E-state index is 12.5. The Balaban J connectivity index is 1.63. The Morgan fingerprint density at radius 1 is 1.35 bits per heavy atom. The summed E-state index contributed by atoms with van der Waals surface area (Å²) in [5.41, 5.74) is 2.97. The quantitative estimate of drug-likeness (QED) is 0.340. The molecule has 0 saturated carbocycles. The lowest BCUT2D eigenvalue weighted by molar-refractivity contribution is -0.389. The number of aryl methyl sites for hydroxylation is 3. The molecule has 0 amide bonds. The Labute approximate surface area is 149 Å². The fourth-order valence-electron chi connectivity index (χ4n) is 3.13. The van der Waals surface area contributed by atoms with Gasteiger partial charge in [0.05, 0.1) is 0 Å². The predicted molar refractivity (Wildman–Crippen MR) is 92.0 cm³/mol.